The van der Waals surface area contributed by atoms with E-state index < -0.39 is 0 Å². The Bertz CT molecular complexity index is 636. The summed E-state index contributed by atoms with van der Waals surface area (Å²) in [6.45, 7) is 11.5. The Morgan fingerprint density at radius 3 is 2.40 bits per heavy atom. The molecule has 138 valence electrons. The highest BCUT2D eigenvalue weighted by molar-refractivity contribution is 5.70. The Labute approximate surface area is 150 Å². The van der Waals surface area contributed by atoms with Gasteiger partial charge in [-0.2, -0.15) is 0 Å². The third kappa shape index (κ3) is 3.89. The first-order valence-electron chi connectivity index (χ1n) is 9.25. The van der Waals surface area contributed by atoms with Crippen LogP contribution in [0, 0.1) is 15.5 Å². The summed E-state index contributed by atoms with van der Waals surface area (Å²) < 4.78 is 0. The maximum Gasteiger partial charge on any atom is 0.292 e. The van der Waals surface area contributed by atoms with E-state index in [0.717, 1.165) is 56.9 Å². The van der Waals surface area contributed by atoms with E-state index in [2.05, 4.69) is 42.5 Å². The Morgan fingerprint density at radius 2 is 1.80 bits per heavy atom. The van der Waals surface area contributed by atoms with E-state index >= 15 is 0 Å². The van der Waals surface area contributed by atoms with Crippen LogP contribution in [0.1, 0.15) is 33.6 Å². The number of piperidine rings is 1. The summed E-state index contributed by atoms with van der Waals surface area (Å²) in [5, 5.41) is 11.5. The number of likely N-dealkylation sites (N-methyl/N-ethyl adjacent to an activating group) is 1. The van der Waals surface area contributed by atoms with Gasteiger partial charge in [0.15, 0.2) is 0 Å². The third-order valence-corrected chi connectivity index (χ3v) is 5.94. The van der Waals surface area contributed by atoms with Crippen molar-refractivity contribution in [1.29, 1.82) is 0 Å². The lowest BCUT2D eigenvalue weighted by atomic mass is 9.82. The Morgan fingerprint density at radius 1 is 1.12 bits per heavy atom. The molecule has 0 spiro atoms. The lowest BCUT2D eigenvalue weighted by Crippen LogP contribution is -2.50. The zero-order chi connectivity index (χ0) is 18.2. The zero-order valence-corrected chi connectivity index (χ0v) is 15.9. The number of nitro benzene ring substituents is 1. The first kappa shape index (κ1) is 18.0. The van der Waals surface area contributed by atoms with Gasteiger partial charge in [-0.15, -0.1) is 0 Å². The molecule has 0 N–H and O–H groups in total. The number of hydrogen-bond donors (Lipinski definition) is 0. The van der Waals surface area contributed by atoms with Gasteiger partial charge in [-0.05, 0) is 44.4 Å². The molecule has 0 saturated carbocycles. The number of hydrogen-bond acceptors (Lipinski definition) is 5. The van der Waals surface area contributed by atoms with E-state index in [1.165, 1.54) is 0 Å². The lowest BCUT2D eigenvalue weighted by Gasteiger charge is -2.40. The molecule has 1 aromatic carbocycles. The second-order valence-corrected chi connectivity index (χ2v) is 8.36. The molecule has 2 aliphatic heterocycles. The van der Waals surface area contributed by atoms with Gasteiger partial charge in [-0.1, -0.05) is 13.8 Å². The molecule has 1 unspecified atom stereocenters. The van der Waals surface area contributed by atoms with Crippen LogP contribution in [0.2, 0.25) is 0 Å². The predicted molar refractivity (Wildman–Crippen MR) is 103 cm³/mol. The molecular formula is C19H30N4O2. The summed E-state index contributed by atoms with van der Waals surface area (Å²) in [5.41, 5.74) is 2.44. The summed E-state index contributed by atoms with van der Waals surface area (Å²) in [6.07, 6.45) is 2.14. The summed E-state index contributed by atoms with van der Waals surface area (Å²) in [5.74, 6) is 0. The first-order chi connectivity index (χ1) is 11.8. The molecule has 2 saturated heterocycles. The fourth-order valence-corrected chi connectivity index (χ4v) is 3.75. The molecule has 1 aromatic rings. The summed E-state index contributed by atoms with van der Waals surface area (Å²) >= 11 is 0. The highest BCUT2D eigenvalue weighted by Gasteiger charge is 2.30. The van der Waals surface area contributed by atoms with Crippen molar-refractivity contribution in [3.63, 3.8) is 0 Å². The minimum absolute atomic E-state index is 0.227. The van der Waals surface area contributed by atoms with Crippen molar-refractivity contribution in [2.75, 3.05) is 49.6 Å². The molecule has 0 aliphatic carbocycles. The molecule has 0 bridgehead atoms. The van der Waals surface area contributed by atoms with E-state index in [0.29, 0.717) is 11.5 Å². The van der Waals surface area contributed by atoms with E-state index in [9.17, 15) is 10.1 Å². The van der Waals surface area contributed by atoms with Crippen molar-refractivity contribution >= 4 is 17.1 Å². The van der Waals surface area contributed by atoms with Crippen molar-refractivity contribution < 1.29 is 4.92 Å². The number of nitrogens with zero attached hydrogens (tertiary/aromatic N) is 4. The molecule has 0 radical (unpaired) electrons. The van der Waals surface area contributed by atoms with Gasteiger partial charge in [0, 0.05) is 50.5 Å². The number of benzene rings is 1. The SMILES string of the molecule is CC1CN(c2ccc([N+](=O)[O-])c(N3CCC(C)(C)CC3)c2)CCN1C. The Balaban J connectivity index is 1.86. The lowest BCUT2D eigenvalue weighted by molar-refractivity contribution is -0.384. The standard InChI is InChI=1S/C19H30N4O2/c1-15-14-22(12-11-20(15)4)16-5-6-17(23(24)25)18(13-16)21-9-7-19(2,3)8-10-21/h5-6,13,15H,7-12,14H2,1-4H3. The highest BCUT2D eigenvalue weighted by atomic mass is 16.6. The van der Waals surface area contributed by atoms with Gasteiger partial charge < -0.3 is 14.7 Å². The van der Waals surface area contributed by atoms with E-state index in [-0.39, 0.29) is 10.6 Å². The average Bonchev–Trinajstić information content (AvgIpc) is 2.57. The highest BCUT2D eigenvalue weighted by Crippen LogP contribution is 2.38. The third-order valence-electron chi connectivity index (χ3n) is 5.94. The molecule has 0 aromatic heterocycles. The zero-order valence-electron chi connectivity index (χ0n) is 15.9. The maximum absolute atomic E-state index is 11.5. The molecule has 2 heterocycles. The van der Waals surface area contributed by atoms with Crippen molar-refractivity contribution in [2.45, 2.75) is 39.7 Å². The fraction of sp³-hybridized carbons (Fsp3) is 0.684. The van der Waals surface area contributed by atoms with Crippen LogP contribution >= 0.6 is 0 Å². The molecule has 2 fully saturated rings. The fourth-order valence-electron chi connectivity index (χ4n) is 3.75. The molecule has 2 aliphatic rings. The van der Waals surface area contributed by atoms with Gasteiger partial charge in [0.05, 0.1) is 4.92 Å². The minimum Gasteiger partial charge on any atom is -0.369 e. The topological polar surface area (TPSA) is 52.9 Å². The van der Waals surface area contributed by atoms with Crippen molar-refractivity contribution in [3.05, 3.63) is 28.3 Å². The molecule has 1 atom stereocenters. The predicted octanol–water partition coefficient (Wildman–Crippen LogP) is 3.36. The summed E-state index contributed by atoms with van der Waals surface area (Å²) in [6, 6.07) is 6.12. The quantitative estimate of drug-likeness (QED) is 0.620. The van der Waals surface area contributed by atoms with Gasteiger partial charge in [0.2, 0.25) is 0 Å². The smallest absolute Gasteiger partial charge is 0.292 e. The molecular weight excluding hydrogens is 316 g/mol. The maximum atomic E-state index is 11.5. The normalized spacial score (nSPS) is 24.4. The van der Waals surface area contributed by atoms with Crippen LogP contribution in [0.4, 0.5) is 17.1 Å². The monoisotopic (exact) mass is 346 g/mol. The second-order valence-electron chi connectivity index (χ2n) is 8.36. The molecule has 25 heavy (non-hydrogen) atoms. The van der Waals surface area contributed by atoms with Crippen LogP contribution < -0.4 is 9.80 Å². The van der Waals surface area contributed by atoms with Crippen LogP contribution in [0.15, 0.2) is 18.2 Å². The number of piperazine rings is 1. The van der Waals surface area contributed by atoms with Crippen LogP contribution in [-0.4, -0.2) is 55.6 Å². The molecule has 6 nitrogen and oxygen atoms in total. The van der Waals surface area contributed by atoms with E-state index in [1.807, 2.05) is 12.1 Å². The molecule has 6 heteroatoms. The van der Waals surface area contributed by atoms with Gasteiger partial charge in [-0.25, -0.2) is 0 Å². The van der Waals surface area contributed by atoms with Gasteiger partial charge in [-0.3, -0.25) is 10.1 Å². The summed E-state index contributed by atoms with van der Waals surface area (Å²) in [4.78, 5) is 18.2. The molecule has 0 amide bonds. The Kier molecular flexibility index (Phi) is 4.91. The van der Waals surface area contributed by atoms with Crippen molar-refractivity contribution in [2.24, 2.45) is 5.41 Å². The average molecular weight is 346 g/mol. The Hall–Kier alpha value is -1.82. The van der Waals surface area contributed by atoms with Gasteiger partial charge in [0.1, 0.15) is 5.69 Å². The van der Waals surface area contributed by atoms with Gasteiger partial charge in [0.25, 0.3) is 5.69 Å². The first-order valence-corrected chi connectivity index (χ1v) is 9.25. The van der Waals surface area contributed by atoms with E-state index in [4.69, 9.17) is 0 Å². The number of rotatable bonds is 3. The largest absolute Gasteiger partial charge is 0.369 e. The minimum atomic E-state index is -0.245. The second kappa shape index (κ2) is 6.83. The van der Waals surface area contributed by atoms with Crippen LogP contribution in [0.3, 0.4) is 0 Å². The van der Waals surface area contributed by atoms with Crippen LogP contribution in [-0.2, 0) is 0 Å². The van der Waals surface area contributed by atoms with Crippen LogP contribution in [0.25, 0.3) is 0 Å². The van der Waals surface area contributed by atoms with Crippen molar-refractivity contribution in [1.82, 2.24) is 4.90 Å². The number of nitro groups is 1. The van der Waals surface area contributed by atoms with E-state index in [1.54, 1.807) is 6.07 Å². The summed E-state index contributed by atoms with van der Waals surface area (Å²) in [7, 11) is 2.15. The molecule has 3 rings (SSSR count). The van der Waals surface area contributed by atoms with Crippen LogP contribution in [0.5, 0.6) is 0 Å². The van der Waals surface area contributed by atoms with Gasteiger partial charge >= 0.3 is 0 Å². The van der Waals surface area contributed by atoms with Crippen molar-refractivity contribution in [3.8, 4) is 0 Å². The number of anilines is 2.